The highest BCUT2D eigenvalue weighted by molar-refractivity contribution is 6.04. The first kappa shape index (κ1) is 12.1. The minimum Gasteiger partial charge on any atom is -0.497 e. The van der Waals surface area contributed by atoms with Gasteiger partial charge in [0.05, 0.1) is 12.6 Å². The molecule has 0 aromatic heterocycles. The number of rotatable bonds is 3. The molecular formula is C14H19NO2. The average molecular weight is 233 g/mol. The Morgan fingerprint density at radius 3 is 2.53 bits per heavy atom. The van der Waals surface area contributed by atoms with Gasteiger partial charge in [0.2, 0.25) is 0 Å². The number of hydrogen-bond donors (Lipinski definition) is 1. The zero-order valence-corrected chi connectivity index (χ0v) is 10.5. The number of carbonyl (C=O) groups is 1. The van der Waals surface area contributed by atoms with Crippen LogP contribution in [0.3, 0.4) is 0 Å². The van der Waals surface area contributed by atoms with Crippen LogP contribution in [0.2, 0.25) is 0 Å². The molecule has 0 amide bonds. The Balaban J connectivity index is 2.31. The number of nitrogens with two attached hydrogens (primary N) is 1. The van der Waals surface area contributed by atoms with E-state index in [1.54, 1.807) is 7.11 Å². The third kappa shape index (κ3) is 2.20. The molecule has 92 valence electrons. The molecule has 17 heavy (non-hydrogen) atoms. The summed E-state index contributed by atoms with van der Waals surface area (Å²) in [6.07, 6.45) is 3.71. The summed E-state index contributed by atoms with van der Waals surface area (Å²) in [7, 11) is 1.62. The standard InChI is InChI=1S/C14H19NO2/c1-10-9-11(17-2)5-6-12(10)13(16)14(15)7-3-4-8-14/h5-6,9H,3-4,7-8,15H2,1-2H3. The molecule has 0 unspecified atom stereocenters. The molecule has 0 atom stereocenters. The van der Waals surface area contributed by atoms with Gasteiger partial charge in [0.15, 0.2) is 5.78 Å². The van der Waals surface area contributed by atoms with E-state index in [4.69, 9.17) is 10.5 Å². The number of hydrogen-bond acceptors (Lipinski definition) is 3. The maximum atomic E-state index is 12.4. The summed E-state index contributed by atoms with van der Waals surface area (Å²) < 4.78 is 5.14. The van der Waals surface area contributed by atoms with Gasteiger partial charge in [-0.15, -0.1) is 0 Å². The molecule has 0 saturated heterocycles. The molecule has 2 N–H and O–H groups in total. The highest BCUT2D eigenvalue weighted by Crippen LogP contribution is 2.31. The van der Waals surface area contributed by atoms with Gasteiger partial charge in [0.25, 0.3) is 0 Å². The quantitative estimate of drug-likeness (QED) is 0.816. The van der Waals surface area contributed by atoms with E-state index in [0.717, 1.165) is 42.6 Å². The maximum absolute atomic E-state index is 12.4. The fourth-order valence-electron chi connectivity index (χ4n) is 2.52. The predicted molar refractivity (Wildman–Crippen MR) is 67.4 cm³/mol. The summed E-state index contributed by atoms with van der Waals surface area (Å²) in [5.74, 6) is 0.853. The van der Waals surface area contributed by atoms with Crippen molar-refractivity contribution in [3.8, 4) is 5.75 Å². The first-order valence-corrected chi connectivity index (χ1v) is 6.05. The van der Waals surface area contributed by atoms with Crippen molar-refractivity contribution in [3.63, 3.8) is 0 Å². The topological polar surface area (TPSA) is 52.3 Å². The van der Waals surface area contributed by atoms with E-state index in [0.29, 0.717) is 0 Å². The summed E-state index contributed by atoms with van der Waals surface area (Å²) in [5.41, 5.74) is 7.22. The van der Waals surface area contributed by atoms with Crippen molar-refractivity contribution < 1.29 is 9.53 Å². The van der Waals surface area contributed by atoms with Crippen LogP contribution in [-0.4, -0.2) is 18.4 Å². The molecule has 0 aliphatic heterocycles. The lowest BCUT2D eigenvalue weighted by Gasteiger charge is -2.22. The van der Waals surface area contributed by atoms with E-state index in [9.17, 15) is 4.79 Å². The fourth-order valence-corrected chi connectivity index (χ4v) is 2.52. The van der Waals surface area contributed by atoms with Gasteiger partial charge < -0.3 is 10.5 Å². The van der Waals surface area contributed by atoms with Crippen LogP contribution in [0.25, 0.3) is 0 Å². The summed E-state index contributed by atoms with van der Waals surface area (Å²) in [5, 5.41) is 0. The fraction of sp³-hybridized carbons (Fsp3) is 0.500. The van der Waals surface area contributed by atoms with Gasteiger partial charge in [-0.1, -0.05) is 12.8 Å². The van der Waals surface area contributed by atoms with Crippen molar-refractivity contribution in [3.05, 3.63) is 29.3 Å². The van der Waals surface area contributed by atoms with Crippen LogP contribution in [-0.2, 0) is 0 Å². The normalized spacial score (nSPS) is 18.1. The van der Waals surface area contributed by atoms with Gasteiger partial charge in [-0.3, -0.25) is 4.79 Å². The maximum Gasteiger partial charge on any atom is 0.182 e. The third-order valence-electron chi connectivity index (χ3n) is 3.63. The monoisotopic (exact) mass is 233 g/mol. The summed E-state index contributed by atoms with van der Waals surface area (Å²) >= 11 is 0. The van der Waals surface area contributed by atoms with Crippen LogP contribution in [0.15, 0.2) is 18.2 Å². The van der Waals surface area contributed by atoms with Crippen molar-refractivity contribution in [2.24, 2.45) is 5.73 Å². The van der Waals surface area contributed by atoms with Crippen molar-refractivity contribution >= 4 is 5.78 Å². The third-order valence-corrected chi connectivity index (χ3v) is 3.63. The largest absolute Gasteiger partial charge is 0.497 e. The van der Waals surface area contributed by atoms with Gasteiger partial charge in [-0.2, -0.15) is 0 Å². The molecule has 0 bridgehead atoms. The Labute approximate surface area is 102 Å². The Hall–Kier alpha value is -1.35. The van der Waals surface area contributed by atoms with Gasteiger partial charge in [-0.05, 0) is 43.5 Å². The molecule has 1 aromatic carbocycles. The van der Waals surface area contributed by atoms with Crippen molar-refractivity contribution in [2.45, 2.75) is 38.1 Å². The number of ketones is 1. The first-order chi connectivity index (χ1) is 8.07. The van der Waals surface area contributed by atoms with Crippen LogP contribution in [0.4, 0.5) is 0 Å². The molecule has 1 aliphatic carbocycles. The lowest BCUT2D eigenvalue weighted by molar-refractivity contribution is 0.0891. The van der Waals surface area contributed by atoms with Crippen LogP contribution in [0.1, 0.15) is 41.6 Å². The molecule has 1 aliphatic rings. The van der Waals surface area contributed by atoms with Gasteiger partial charge in [0.1, 0.15) is 5.75 Å². The molecule has 3 heteroatoms. The summed E-state index contributed by atoms with van der Waals surface area (Å²) in [6, 6.07) is 5.52. The molecule has 0 spiro atoms. The van der Waals surface area contributed by atoms with E-state index in [1.165, 1.54) is 0 Å². The smallest absolute Gasteiger partial charge is 0.182 e. The number of benzene rings is 1. The number of carbonyl (C=O) groups excluding carboxylic acids is 1. The second kappa shape index (κ2) is 4.49. The minimum atomic E-state index is -0.640. The van der Waals surface area contributed by atoms with Gasteiger partial charge in [-0.25, -0.2) is 0 Å². The molecule has 3 nitrogen and oxygen atoms in total. The molecule has 2 rings (SSSR count). The van der Waals surface area contributed by atoms with E-state index < -0.39 is 5.54 Å². The van der Waals surface area contributed by atoms with Crippen molar-refractivity contribution in [1.82, 2.24) is 0 Å². The SMILES string of the molecule is COc1ccc(C(=O)C2(N)CCCC2)c(C)c1. The molecule has 0 radical (unpaired) electrons. The van der Waals surface area contributed by atoms with Gasteiger partial charge >= 0.3 is 0 Å². The second-order valence-electron chi connectivity index (χ2n) is 4.87. The predicted octanol–water partition coefficient (Wildman–Crippen LogP) is 2.46. The first-order valence-electron chi connectivity index (χ1n) is 6.05. The van der Waals surface area contributed by atoms with E-state index in [-0.39, 0.29) is 5.78 Å². The Morgan fingerprint density at radius 1 is 1.35 bits per heavy atom. The average Bonchev–Trinajstić information content (AvgIpc) is 2.76. The van der Waals surface area contributed by atoms with Crippen molar-refractivity contribution in [2.75, 3.05) is 7.11 Å². The van der Waals surface area contributed by atoms with Crippen LogP contribution in [0.5, 0.6) is 5.75 Å². The van der Waals surface area contributed by atoms with E-state index in [1.807, 2.05) is 25.1 Å². The van der Waals surface area contributed by atoms with Gasteiger partial charge in [0, 0.05) is 5.56 Å². The lowest BCUT2D eigenvalue weighted by Crippen LogP contribution is -2.45. The Bertz CT molecular complexity index is 434. The number of Topliss-reactive ketones (excluding diaryl/α,β-unsaturated/α-hetero) is 1. The summed E-state index contributed by atoms with van der Waals surface area (Å²) in [6.45, 7) is 1.92. The highest BCUT2D eigenvalue weighted by Gasteiger charge is 2.37. The number of methoxy groups -OCH3 is 1. The van der Waals surface area contributed by atoms with Crippen molar-refractivity contribution in [1.29, 1.82) is 0 Å². The molecule has 1 fully saturated rings. The molecule has 1 saturated carbocycles. The lowest BCUT2D eigenvalue weighted by atomic mass is 9.87. The van der Waals surface area contributed by atoms with Crippen LogP contribution < -0.4 is 10.5 Å². The zero-order chi connectivity index (χ0) is 12.5. The second-order valence-corrected chi connectivity index (χ2v) is 4.87. The molecule has 0 heterocycles. The minimum absolute atomic E-state index is 0.0788. The Kier molecular flexibility index (Phi) is 3.20. The number of ether oxygens (including phenoxy) is 1. The van der Waals surface area contributed by atoms with Crippen LogP contribution in [0, 0.1) is 6.92 Å². The summed E-state index contributed by atoms with van der Waals surface area (Å²) in [4.78, 5) is 12.4. The molecular weight excluding hydrogens is 214 g/mol. The van der Waals surface area contributed by atoms with Crippen LogP contribution >= 0.6 is 0 Å². The van der Waals surface area contributed by atoms with E-state index in [2.05, 4.69) is 0 Å². The van der Waals surface area contributed by atoms with E-state index >= 15 is 0 Å². The highest BCUT2D eigenvalue weighted by atomic mass is 16.5. The zero-order valence-electron chi connectivity index (χ0n) is 10.5. The Morgan fingerprint density at radius 2 is 2.00 bits per heavy atom. The molecule has 1 aromatic rings. The number of aryl methyl sites for hydroxylation is 1.